The Morgan fingerprint density at radius 2 is 1.85 bits per heavy atom. The molecule has 2 aromatic rings. The molecule has 3 rings (SSSR count). The summed E-state index contributed by atoms with van der Waals surface area (Å²) >= 11 is 0. The van der Waals surface area contributed by atoms with Gasteiger partial charge in [0, 0.05) is 18.7 Å². The van der Waals surface area contributed by atoms with Gasteiger partial charge in [0.25, 0.3) is 0 Å². The fraction of sp³-hybridized carbons (Fsp3) is 0.350. The van der Waals surface area contributed by atoms with Crippen molar-refractivity contribution in [1.29, 1.82) is 0 Å². The van der Waals surface area contributed by atoms with E-state index in [1.54, 1.807) is 0 Å². The van der Waals surface area contributed by atoms with Gasteiger partial charge in [-0.25, -0.2) is 8.42 Å². The average molecular weight is 372 g/mol. The highest BCUT2D eigenvalue weighted by Crippen LogP contribution is 2.29. The summed E-state index contributed by atoms with van der Waals surface area (Å²) in [6, 6.07) is 15.2. The molecule has 1 heterocycles. The van der Waals surface area contributed by atoms with E-state index in [-0.39, 0.29) is 18.1 Å². The Labute approximate surface area is 155 Å². The monoisotopic (exact) mass is 372 g/mol. The highest BCUT2D eigenvalue weighted by Gasteiger charge is 2.27. The highest BCUT2D eigenvalue weighted by atomic mass is 32.2. The predicted molar refractivity (Wildman–Crippen MR) is 105 cm³/mol. The summed E-state index contributed by atoms with van der Waals surface area (Å²) in [5.74, 6) is -0.483. The SMILES string of the molecule is CCc1ccc(NC(=O)CCS(=O)(=O)N2CCCc3ccccc32)cc1. The molecule has 0 saturated heterocycles. The average Bonchev–Trinajstić information content (AvgIpc) is 2.66. The van der Waals surface area contributed by atoms with Gasteiger partial charge in [0.05, 0.1) is 11.4 Å². The lowest BCUT2D eigenvalue weighted by atomic mass is 10.0. The summed E-state index contributed by atoms with van der Waals surface area (Å²) in [4.78, 5) is 12.1. The molecule has 1 amide bonds. The van der Waals surface area contributed by atoms with E-state index in [1.807, 2.05) is 48.5 Å². The van der Waals surface area contributed by atoms with Gasteiger partial charge in [0.15, 0.2) is 0 Å². The van der Waals surface area contributed by atoms with Crippen LogP contribution >= 0.6 is 0 Å². The number of hydrogen-bond acceptors (Lipinski definition) is 3. The third kappa shape index (κ3) is 4.25. The van der Waals surface area contributed by atoms with Gasteiger partial charge in [-0.3, -0.25) is 9.10 Å². The molecule has 6 heteroatoms. The first kappa shape index (κ1) is 18.5. The van der Waals surface area contributed by atoms with Gasteiger partial charge in [0.1, 0.15) is 0 Å². The second-order valence-electron chi connectivity index (χ2n) is 6.47. The van der Waals surface area contributed by atoms with Gasteiger partial charge in [0.2, 0.25) is 15.9 Å². The Balaban J connectivity index is 1.62. The highest BCUT2D eigenvalue weighted by molar-refractivity contribution is 7.92. The minimum Gasteiger partial charge on any atom is -0.326 e. The molecule has 1 N–H and O–H groups in total. The van der Waals surface area contributed by atoms with Crippen molar-refractivity contribution in [3.63, 3.8) is 0 Å². The Hall–Kier alpha value is -2.34. The number of rotatable bonds is 6. The van der Waals surface area contributed by atoms with Gasteiger partial charge in [-0.2, -0.15) is 0 Å². The molecule has 5 nitrogen and oxygen atoms in total. The van der Waals surface area contributed by atoms with Crippen LogP contribution in [0.25, 0.3) is 0 Å². The Morgan fingerprint density at radius 1 is 1.12 bits per heavy atom. The lowest BCUT2D eigenvalue weighted by Gasteiger charge is -2.30. The number of para-hydroxylation sites is 1. The molecule has 2 aromatic carbocycles. The molecule has 1 aliphatic heterocycles. The molecule has 0 saturated carbocycles. The van der Waals surface area contributed by atoms with Crippen molar-refractivity contribution < 1.29 is 13.2 Å². The molecule has 0 aromatic heterocycles. The first-order valence-electron chi connectivity index (χ1n) is 8.97. The van der Waals surface area contributed by atoms with E-state index in [1.165, 1.54) is 9.87 Å². The number of sulfonamides is 1. The number of aryl methyl sites for hydroxylation is 2. The number of hydrogen-bond donors (Lipinski definition) is 1. The fourth-order valence-electron chi connectivity index (χ4n) is 3.17. The zero-order valence-corrected chi connectivity index (χ0v) is 15.8. The summed E-state index contributed by atoms with van der Waals surface area (Å²) in [5, 5.41) is 2.77. The molecular weight excluding hydrogens is 348 g/mol. The standard InChI is InChI=1S/C20H24N2O3S/c1-2-16-9-11-18(12-10-16)21-20(23)13-15-26(24,25)22-14-5-7-17-6-3-4-8-19(17)22/h3-4,6,8-12H,2,5,7,13-15H2,1H3,(H,21,23). The maximum Gasteiger partial charge on any atom is 0.235 e. The Morgan fingerprint density at radius 3 is 2.58 bits per heavy atom. The van der Waals surface area contributed by atoms with Crippen LogP contribution in [0.1, 0.15) is 30.9 Å². The van der Waals surface area contributed by atoms with Gasteiger partial charge >= 0.3 is 0 Å². The minimum atomic E-state index is -3.52. The van der Waals surface area contributed by atoms with Crippen molar-refractivity contribution >= 4 is 27.3 Å². The molecule has 0 aliphatic carbocycles. The van der Waals surface area contributed by atoms with E-state index in [0.29, 0.717) is 12.2 Å². The minimum absolute atomic E-state index is 0.0590. The predicted octanol–water partition coefficient (Wildman–Crippen LogP) is 3.36. The van der Waals surface area contributed by atoms with E-state index >= 15 is 0 Å². The van der Waals surface area contributed by atoms with Crippen molar-refractivity contribution in [2.45, 2.75) is 32.6 Å². The van der Waals surface area contributed by atoms with Gasteiger partial charge < -0.3 is 5.32 Å². The van der Waals surface area contributed by atoms with Crippen LogP contribution < -0.4 is 9.62 Å². The van der Waals surface area contributed by atoms with Gasteiger partial charge in [-0.05, 0) is 48.6 Å². The summed E-state index contributed by atoms with van der Waals surface area (Å²) in [6.45, 7) is 2.54. The van der Waals surface area contributed by atoms with Gasteiger partial charge in [-0.1, -0.05) is 37.3 Å². The number of fused-ring (bicyclic) bond motifs is 1. The largest absolute Gasteiger partial charge is 0.326 e. The molecule has 0 radical (unpaired) electrons. The van der Waals surface area contributed by atoms with E-state index in [4.69, 9.17) is 0 Å². The lowest BCUT2D eigenvalue weighted by Crippen LogP contribution is -2.37. The topological polar surface area (TPSA) is 66.5 Å². The molecule has 1 aliphatic rings. The van der Waals surface area contributed by atoms with E-state index in [2.05, 4.69) is 12.2 Å². The zero-order chi connectivity index (χ0) is 18.6. The maximum atomic E-state index is 12.7. The lowest BCUT2D eigenvalue weighted by molar-refractivity contribution is -0.115. The summed E-state index contributed by atoms with van der Waals surface area (Å²) in [7, 11) is -3.52. The number of carbonyl (C=O) groups is 1. The number of amides is 1. The number of carbonyl (C=O) groups excluding carboxylic acids is 1. The van der Waals surface area contributed by atoms with E-state index < -0.39 is 10.0 Å². The third-order valence-corrected chi connectivity index (χ3v) is 6.41. The molecule has 0 spiro atoms. The molecule has 0 atom stereocenters. The number of nitrogens with one attached hydrogen (secondary N) is 1. The van der Waals surface area contributed by atoms with Crippen LogP contribution in [0.5, 0.6) is 0 Å². The molecule has 138 valence electrons. The van der Waals surface area contributed by atoms with Crippen LogP contribution in [0.4, 0.5) is 11.4 Å². The smallest absolute Gasteiger partial charge is 0.235 e. The van der Waals surface area contributed by atoms with Crippen molar-refractivity contribution in [2.24, 2.45) is 0 Å². The molecule has 26 heavy (non-hydrogen) atoms. The van der Waals surface area contributed by atoms with Crippen LogP contribution in [0.3, 0.4) is 0 Å². The van der Waals surface area contributed by atoms with Crippen LogP contribution in [-0.4, -0.2) is 26.6 Å². The summed E-state index contributed by atoms with van der Waals surface area (Å²) in [5.41, 5.74) is 3.67. The normalized spacial score (nSPS) is 14.0. The summed E-state index contributed by atoms with van der Waals surface area (Å²) in [6.07, 6.45) is 2.56. The second kappa shape index (κ2) is 7.91. The first-order chi connectivity index (χ1) is 12.5. The summed E-state index contributed by atoms with van der Waals surface area (Å²) < 4.78 is 26.9. The molecule has 0 bridgehead atoms. The second-order valence-corrected chi connectivity index (χ2v) is 8.48. The van der Waals surface area contributed by atoms with Gasteiger partial charge in [-0.15, -0.1) is 0 Å². The number of anilines is 2. The molecule has 0 unspecified atom stereocenters. The first-order valence-corrected chi connectivity index (χ1v) is 10.6. The quantitative estimate of drug-likeness (QED) is 0.845. The zero-order valence-electron chi connectivity index (χ0n) is 14.9. The third-order valence-electron chi connectivity index (χ3n) is 4.64. The Bertz CT molecular complexity index is 876. The van der Waals surface area contributed by atoms with Crippen LogP contribution in [-0.2, 0) is 27.7 Å². The number of benzene rings is 2. The Kier molecular flexibility index (Phi) is 5.61. The van der Waals surface area contributed by atoms with E-state index in [9.17, 15) is 13.2 Å². The van der Waals surface area contributed by atoms with Crippen LogP contribution in [0.2, 0.25) is 0 Å². The van der Waals surface area contributed by atoms with Crippen molar-refractivity contribution in [3.8, 4) is 0 Å². The van der Waals surface area contributed by atoms with Crippen LogP contribution in [0, 0.1) is 0 Å². The van der Waals surface area contributed by atoms with Crippen LogP contribution in [0.15, 0.2) is 48.5 Å². The van der Waals surface area contributed by atoms with E-state index in [0.717, 1.165) is 30.5 Å². The number of nitrogens with zero attached hydrogens (tertiary/aromatic N) is 1. The molecular formula is C20H24N2O3S. The van der Waals surface area contributed by atoms with Crippen molar-refractivity contribution in [3.05, 3.63) is 59.7 Å². The fourth-order valence-corrected chi connectivity index (χ4v) is 4.72. The maximum absolute atomic E-state index is 12.7. The van der Waals surface area contributed by atoms with Crippen molar-refractivity contribution in [1.82, 2.24) is 0 Å². The van der Waals surface area contributed by atoms with Crippen molar-refractivity contribution in [2.75, 3.05) is 21.9 Å². The molecule has 0 fully saturated rings.